The smallest absolute Gasteiger partial charge is 0.248 e. The molecule has 0 saturated heterocycles. The van der Waals surface area contributed by atoms with Crippen molar-refractivity contribution < 1.29 is 14.9 Å². The van der Waals surface area contributed by atoms with E-state index in [0.717, 1.165) is 12.2 Å². The normalized spacial score (nSPS) is 13.0. The van der Waals surface area contributed by atoms with Gasteiger partial charge in [-0.2, -0.15) is 0 Å². The van der Waals surface area contributed by atoms with Crippen LogP contribution in [0.1, 0.15) is 24.2 Å². The molecule has 4 N–H and O–H groups in total. The minimum Gasteiger partial charge on any atom is -0.506 e. The Hall–Kier alpha value is -2.54. The molecule has 0 aliphatic rings. The van der Waals surface area contributed by atoms with Crippen LogP contribution in [0, 0.1) is 0 Å². The van der Waals surface area contributed by atoms with E-state index in [-0.39, 0.29) is 29.8 Å². The van der Waals surface area contributed by atoms with Gasteiger partial charge in [0.1, 0.15) is 11.5 Å². The summed E-state index contributed by atoms with van der Waals surface area (Å²) < 4.78 is 5.16. The number of fused-ring (bicyclic) bond motifs is 1. The van der Waals surface area contributed by atoms with Gasteiger partial charge >= 0.3 is 0 Å². The molecule has 0 radical (unpaired) electrons. The summed E-state index contributed by atoms with van der Waals surface area (Å²) >= 11 is 0. The van der Waals surface area contributed by atoms with Gasteiger partial charge in [0.25, 0.3) is 0 Å². The van der Waals surface area contributed by atoms with Crippen molar-refractivity contribution in [1.82, 2.24) is 10.3 Å². The molecule has 0 spiro atoms. The van der Waals surface area contributed by atoms with E-state index in [1.54, 1.807) is 19.2 Å². The Morgan fingerprint density at radius 1 is 1.11 bits per heavy atom. The number of nitrogens with one attached hydrogen (secondary N) is 2. The third-order valence-corrected chi connectivity index (χ3v) is 4.63. The predicted octanol–water partition coefficient (Wildman–Crippen LogP) is 2.92. The molecule has 0 bridgehead atoms. The quantitative estimate of drug-likeness (QED) is 0.485. The number of aromatic amines is 1. The molecule has 1 unspecified atom stereocenters. The molecule has 7 heteroatoms. The average molecular weight is 405 g/mol. The maximum absolute atomic E-state index is 11.5. The topological polar surface area (TPSA) is 94.6 Å². The number of aliphatic hydroxyl groups excluding tert-OH is 1. The first kappa shape index (κ1) is 21.8. The van der Waals surface area contributed by atoms with Crippen LogP contribution in [0.15, 0.2) is 53.3 Å². The Morgan fingerprint density at radius 3 is 2.50 bits per heavy atom. The standard InChI is InChI=1S/C21H24N2O4.ClH/c1-13(11-14-3-5-15(27-2)6-4-14)22-12-19(25)16-7-9-18(24)21-17(16)8-10-20(26)23-21;/h3-10,13,19,22,24-25H,11-12H2,1-2H3,(H,23,26);1H/t13-,19?;/m1./s1. The van der Waals surface area contributed by atoms with Crippen LogP contribution in [0.5, 0.6) is 11.5 Å². The van der Waals surface area contributed by atoms with Crippen molar-refractivity contribution in [1.29, 1.82) is 0 Å². The first-order valence-electron chi connectivity index (χ1n) is 8.87. The Kier molecular flexibility index (Phi) is 7.45. The number of ether oxygens (including phenoxy) is 1. The number of hydrogen-bond acceptors (Lipinski definition) is 5. The average Bonchev–Trinajstić information content (AvgIpc) is 2.67. The van der Waals surface area contributed by atoms with Gasteiger partial charge in [-0.1, -0.05) is 18.2 Å². The summed E-state index contributed by atoms with van der Waals surface area (Å²) in [4.78, 5) is 14.1. The number of halogens is 1. The first-order valence-corrected chi connectivity index (χ1v) is 8.87. The summed E-state index contributed by atoms with van der Waals surface area (Å²) in [5.41, 5.74) is 1.88. The highest BCUT2D eigenvalue weighted by Gasteiger charge is 2.15. The number of methoxy groups -OCH3 is 1. The Labute approximate surface area is 169 Å². The second-order valence-corrected chi connectivity index (χ2v) is 6.66. The van der Waals surface area contributed by atoms with E-state index >= 15 is 0 Å². The highest BCUT2D eigenvalue weighted by molar-refractivity contribution is 5.87. The predicted molar refractivity (Wildman–Crippen MR) is 113 cm³/mol. The molecule has 3 aromatic rings. The monoisotopic (exact) mass is 404 g/mol. The van der Waals surface area contributed by atoms with Crippen molar-refractivity contribution in [3.8, 4) is 11.5 Å². The summed E-state index contributed by atoms with van der Waals surface area (Å²) in [7, 11) is 1.64. The molecule has 0 aliphatic carbocycles. The Morgan fingerprint density at radius 2 is 1.82 bits per heavy atom. The SMILES string of the molecule is COc1ccc(C[C@@H](C)NCC(O)c2ccc(O)c3[nH]c(=O)ccc23)cc1.Cl. The van der Waals surface area contributed by atoms with Gasteiger partial charge in [0, 0.05) is 24.0 Å². The maximum atomic E-state index is 11.5. The van der Waals surface area contributed by atoms with Gasteiger partial charge in [0.15, 0.2) is 0 Å². The Balaban J connectivity index is 0.00000280. The minimum atomic E-state index is -0.766. The van der Waals surface area contributed by atoms with E-state index in [4.69, 9.17) is 4.74 Å². The molecular weight excluding hydrogens is 380 g/mol. The summed E-state index contributed by atoms with van der Waals surface area (Å²) in [6, 6.07) is 14.2. The number of hydrogen-bond donors (Lipinski definition) is 4. The van der Waals surface area contributed by atoms with Crippen LogP contribution >= 0.6 is 12.4 Å². The molecule has 2 atom stereocenters. The van der Waals surface area contributed by atoms with Crippen LogP contribution in [-0.2, 0) is 6.42 Å². The summed E-state index contributed by atoms with van der Waals surface area (Å²) in [5.74, 6) is 0.812. The summed E-state index contributed by atoms with van der Waals surface area (Å²) in [6.45, 7) is 2.42. The lowest BCUT2D eigenvalue weighted by Gasteiger charge is -2.19. The second kappa shape index (κ2) is 9.59. The van der Waals surface area contributed by atoms with Crippen molar-refractivity contribution >= 4 is 23.3 Å². The van der Waals surface area contributed by atoms with Crippen LogP contribution in [0.3, 0.4) is 0 Å². The molecule has 2 aromatic carbocycles. The number of phenols is 1. The van der Waals surface area contributed by atoms with Crippen molar-refractivity contribution in [2.45, 2.75) is 25.5 Å². The molecule has 0 amide bonds. The maximum Gasteiger partial charge on any atom is 0.248 e. The number of rotatable bonds is 7. The number of H-pyrrole nitrogens is 1. The third-order valence-electron chi connectivity index (χ3n) is 4.63. The lowest BCUT2D eigenvalue weighted by Crippen LogP contribution is -2.32. The van der Waals surface area contributed by atoms with E-state index in [1.165, 1.54) is 17.7 Å². The lowest BCUT2D eigenvalue weighted by atomic mass is 10.0. The number of benzene rings is 2. The van der Waals surface area contributed by atoms with Crippen molar-refractivity contribution in [3.05, 3.63) is 70.0 Å². The van der Waals surface area contributed by atoms with Gasteiger partial charge < -0.3 is 25.3 Å². The number of pyridine rings is 1. The number of aromatic hydroxyl groups is 1. The fourth-order valence-corrected chi connectivity index (χ4v) is 3.16. The van der Waals surface area contributed by atoms with Crippen LogP contribution in [0.2, 0.25) is 0 Å². The molecule has 0 saturated carbocycles. The van der Waals surface area contributed by atoms with Crippen LogP contribution in [0.4, 0.5) is 0 Å². The molecule has 3 rings (SSSR count). The lowest BCUT2D eigenvalue weighted by molar-refractivity contribution is 0.172. The van der Waals surface area contributed by atoms with E-state index in [1.807, 2.05) is 24.3 Å². The highest BCUT2D eigenvalue weighted by atomic mass is 35.5. The summed E-state index contributed by atoms with van der Waals surface area (Å²) in [5, 5.41) is 24.5. The van der Waals surface area contributed by atoms with Crippen molar-refractivity contribution in [2.24, 2.45) is 0 Å². The molecule has 6 nitrogen and oxygen atoms in total. The largest absolute Gasteiger partial charge is 0.506 e. The first-order chi connectivity index (χ1) is 13.0. The minimum absolute atomic E-state index is 0. The third kappa shape index (κ3) is 5.04. The van der Waals surface area contributed by atoms with Crippen LogP contribution in [-0.4, -0.2) is 34.9 Å². The second-order valence-electron chi connectivity index (χ2n) is 6.66. The van der Waals surface area contributed by atoms with Gasteiger partial charge in [-0.3, -0.25) is 4.79 Å². The molecule has 0 fully saturated rings. The van der Waals surface area contributed by atoms with Gasteiger partial charge in [-0.25, -0.2) is 0 Å². The van der Waals surface area contributed by atoms with Gasteiger partial charge in [-0.15, -0.1) is 12.4 Å². The van der Waals surface area contributed by atoms with E-state index in [0.29, 0.717) is 23.0 Å². The van der Waals surface area contributed by atoms with Crippen molar-refractivity contribution in [2.75, 3.05) is 13.7 Å². The number of aliphatic hydroxyl groups is 1. The molecular formula is C21H25ClN2O4. The fourth-order valence-electron chi connectivity index (χ4n) is 3.16. The fraction of sp³-hybridized carbons (Fsp3) is 0.286. The van der Waals surface area contributed by atoms with Gasteiger partial charge in [0.05, 0.1) is 18.7 Å². The zero-order valence-corrected chi connectivity index (χ0v) is 16.6. The van der Waals surface area contributed by atoms with Crippen LogP contribution in [0.25, 0.3) is 10.9 Å². The zero-order chi connectivity index (χ0) is 19.4. The molecule has 0 aliphatic heterocycles. The number of phenolic OH excluding ortho intramolecular Hbond substituents is 1. The molecule has 1 heterocycles. The van der Waals surface area contributed by atoms with E-state index in [9.17, 15) is 15.0 Å². The van der Waals surface area contributed by atoms with E-state index < -0.39 is 6.10 Å². The zero-order valence-electron chi connectivity index (χ0n) is 15.8. The van der Waals surface area contributed by atoms with Crippen molar-refractivity contribution in [3.63, 3.8) is 0 Å². The molecule has 150 valence electrons. The summed E-state index contributed by atoms with van der Waals surface area (Å²) in [6.07, 6.45) is 0.0534. The van der Waals surface area contributed by atoms with E-state index in [2.05, 4.69) is 17.2 Å². The molecule has 28 heavy (non-hydrogen) atoms. The highest BCUT2D eigenvalue weighted by Crippen LogP contribution is 2.28. The Bertz CT molecular complexity index is 972. The van der Waals surface area contributed by atoms with Crippen LogP contribution < -0.4 is 15.6 Å². The number of aromatic nitrogens is 1. The van der Waals surface area contributed by atoms with Gasteiger partial charge in [0.2, 0.25) is 5.56 Å². The molecule has 1 aromatic heterocycles. The van der Waals surface area contributed by atoms with Gasteiger partial charge in [-0.05, 0) is 48.7 Å².